The van der Waals surface area contributed by atoms with Crippen molar-refractivity contribution in [3.63, 3.8) is 0 Å². The van der Waals surface area contributed by atoms with Gasteiger partial charge in [-0.2, -0.15) is 0 Å². The van der Waals surface area contributed by atoms with Crippen molar-refractivity contribution in [2.75, 3.05) is 33.4 Å². The van der Waals surface area contributed by atoms with E-state index in [0.29, 0.717) is 48.3 Å². The van der Waals surface area contributed by atoms with E-state index in [1.165, 1.54) is 24.1 Å². The lowest BCUT2D eigenvalue weighted by Gasteiger charge is -2.35. The molecule has 5 amide bonds. The number of nitrogens with one attached hydrogen (secondary N) is 4. The number of rotatable bonds is 21. The smallest absolute Gasteiger partial charge is 0.330 e. The molecule has 0 radical (unpaired) electrons. The van der Waals surface area contributed by atoms with Crippen molar-refractivity contribution in [2.45, 2.75) is 102 Å². The van der Waals surface area contributed by atoms with Crippen LogP contribution in [0.3, 0.4) is 0 Å². The Bertz CT molecular complexity index is 1720. The van der Waals surface area contributed by atoms with Crippen molar-refractivity contribution < 1.29 is 53.2 Å². The summed E-state index contributed by atoms with van der Waals surface area (Å²) in [6.45, 7) is 1.29. The third kappa shape index (κ3) is 13.0. The second-order valence-electron chi connectivity index (χ2n) is 14.4. The molecular formula is C41H54N5O11-. The summed E-state index contributed by atoms with van der Waals surface area (Å²) in [4.78, 5) is 93.6. The summed E-state index contributed by atoms with van der Waals surface area (Å²) in [6.07, 6.45) is 5.85. The molecule has 4 rings (SSSR count). The third-order valence-corrected chi connectivity index (χ3v) is 10.2. The van der Waals surface area contributed by atoms with Crippen LogP contribution in [0.4, 0.5) is 0 Å². The Kier molecular flexibility index (Phi) is 17.3. The molecule has 5 N–H and O–H groups in total. The number of methoxy groups -OCH3 is 1. The normalized spacial score (nSPS) is 17.0. The first-order valence-electron chi connectivity index (χ1n) is 19.6. The molecule has 310 valence electrons. The minimum absolute atomic E-state index is 0.0762. The summed E-state index contributed by atoms with van der Waals surface area (Å²) < 4.78 is 11.0. The van der Waals surface area contributed by atoms with E-state index in [4.69, 9.17) is 9.47 Å². The molecule has 0 bridgehead atoms. The third-order valence-electron chi connectivity index (χ3n) is 10.2. The average molecular weight is 793 g/mol. The van der Waals surface area contributed by atoms with Gasteiger partial charge in [0, 0.05) is 12.6 Å². The zero-order valence-electron chi connectivity index (χ0n) is 32.6. The predicted octanol–water partition coefficient (Wildman–Crippen LogP) is 1.34. The van der Waals surface area contributed by atoms with Gasteiger partial charge in [0.2, 0.25) is 29.4 Å². The Hall–Kier alpha value is -5.51. The van der Waals surface area contributed by atoms with Gasteiger partial charge in [-0.1, -0.05) is 62.9 Å². The van der Waals surface area contributed by atoms with E-state index in [1.54, 1.807) is 43.3 Å². The lowest BCUT2D eigenvalue weighted by molar-refractivity contribution is -0.368. The molecule has 0 spiro atoms. The number of ketones is 1. The van der Waals surface area contributed by atoms with Crippen LogP contribution in [-0.2, 0) is 40.0 Å². The highest BCUT2D eigenvalue weighted by Gasteiger charge is 2.42. The first-order valence-corrected chi connectivity index (χ1v) is 19.6. The van der Waals surface area contributed by atoms with Crippen LogP contribution in [0.15, 0.2) is 48.5 Å². The maximum Gasteiger partial charge on any atom is 0.330 e. The van der Waals surface area contributed by atoms with Gasteiger partial charge in [0.05, 0.1) is 32.7 Å². The maximum absolute atomic E-state index is 14.3. The minimum Gasteiger partial charge on any atom is -0.854 e. The second-order valence-corrected chi connectivity index (χ2v) is 14.4. The van der Waals surface area contributed by atoms with Gasteiger partial charge in [-0.25, -0.2) is 4.79 Å². The molecule has 16 nitrogen and oxygen atoms in total. The van der Waals surface area contributed by atoms with Crippen molar-refractivity contribution in [3.8, 4) is 11.5 Å². The maximum atomic E-state index is 14.3. The predicted molar refractivity (Wildman–Crippen MR) is 205 cm³/mol. The summed E-state index contributed by atoms with van der Waals surface area (Å²) in [7, 11) is 1.49. The highest BCUT2D eigenvalue weighted by molar-refractivity contribution is 6.38. The molecule has 2 unspecified atom stereocenters. The van der Waals surface area contributed by atoms with Gasteiger partial charge in [-0.15, -0.1) is 6.61 Å². The molecule has 1 saturated carbocycles. The first-order chi connectivity index (χ1) is 27.4. The van der Waals surface area contributed by atoms with Crippen LogP contribution >= 0.6 is 0 Å². The Labute approximate surface area is 332 Å². The Morgan fingerprint density at radius 3 is 2.28 bits per heavy atom. The number of hydrogen-bond acceptors (Lipinski definition) is 10. The van der Waals surface area contributed by atoms with E-state index in [9.17, 15) is 43.8 Å². The van der Waals surface area contributed by atoms with Crippen LogP contribution < -0.4 is 35.8 Å². The number of amides is 5. The number of benzene rings is 2. The number of carboxylic acids is 1. The van der Waals surface area contributed by atoms with Crippen LogP contribution in [0.5, 0.6) is 11.5 Å². The number of carbonyl (C=O) groups is 7. The number of carboxylic acid groups (broad SMARTS) is 1. The Balaban J connectivity index is 1.40. The second kappa shape index (κ2) is 22.3. The van der Waals surface area contributed by atoms with Gasteiger partial charge in [0.15, 0.2) is 6.04 Å². The van der Waals surface area contributed by atoms with E-state index in [1.807, 2.05) is 0 Å². The fraction of sp³-hybridized carbons (Fsp3) is 0.537. The summed E-state index contributed by atoms with van der Waals surface area (Å²) in [5.41, 5.74) is 0.908. The first kappa shape index (κ1) is 44.2. The molecule has 1 heterocycles. The SMILES string of the molecule is CCCC(NC(=O)[C@@H]1CCCN1C(=O)C(NC(=O)Cc1cc(OC)cc(OCCC[O-])c1)C1CCCCC1)C(=O)C(=O)NCC(=O)N[C@H](C(=O)O)c1ccccc1. The Morgan fingerprint density at radius 1 is 0.895 bits per heavy atom. The molecule has 57 heavy (non-hydrogen) atoms. The van der Waals surface area contributed by atoms with E-state index >= 15 is 0 Å². The van der Waals surface area contributed by atoms with Crippen molar-refractivity contribution in [2.24, 2.45) is 5.92 Å². The van der Waals surface area contributed by atoms with E-state index < -0.39 is 72.0 Å². The molecule has 1 aliphatic heterocycles. The Morgan fingerprint density at radius 2 is 1.61 bits per heavy atom. The molecule has 2 aromatic carbocycles. The van der Waals surface area contributed by atoms with Gasteiger partial charge >= 0.3 is 5.97 Å². The van der Waals surface area contributed by atoms with E-state index in [0.717, 1.165) is 32.1 Å². The van der Waals surface area contributed by atoms with Gasteiger partial charge in [0.1, 0.15) is 23.6 Å². The van der Waals surface area contributed by atoms with Gasteiger partial charge < -0.3 is 45.9 Å². The minimum atomic E-state index is -1.37. The summed E-state index contributed by atoms with van der Waals surface area (Å²) >= 11 is 0. The molecular weight excluding hydrogens is 738 g/mol. The fourth-order valence-corrected chi connectivity index (χ4v) is 7.30. The van der Waals surface area contributed by atoms with Gasteiger partial charge in [-0.3, -0.25) is 28.8 Å². The number of ether oxygens (including phenoxy) is 2. The van der Waals surface area contributed by atoms with E-state index in [2.05, 4.69) is 21.3 Å². The lowest BCUT2D eigenvalue weighted by atomic mass is 9.83. The number of likely N-dealkylation sites (tertiary alicyclic amines) is 1. The topological polar surface area (TPSA) is 233 Å². The van der Waals surface area contributed by atoms with Crippen LogP contribution in [0.2, 0.25) is 0 Å². The molecule has 16 heteroatoms. The zero-order chi connectivity index (χ0) is 41.3. The summed E-state index contributed by atoms with van der Waals surface area (Å²) in [6, 6.07) is 8.58. The summed E-state index contributed by atoms with van der Waals surface area (Å²) in [5, 5.41) is 30.6. The number of Topliss-reactive ketones (excluding diaryl/α,β-unsaturated/α-hetero) is 1. The van der Waals surface area contributed by atoms with Crippen LogP contribution in [-0.4, -0.2) is 103 Å². The van der Waals surface area contributed by atoms with Gasteiger partial charge in [0.25, 0.3) is 5.91 Å². The van der Waals surface area contributed by atoms with Crippen LogP contribution in [0.25, 0.3) is 0 Å². The summed E-state index contributed by atoms with van der Waals surface area (Å²) in [5.74, 6) is -4.89. The molecule has 0 aromatic heterocycles. The number of nitrogens with zero attached hydrogens (tertiary/aromatic N) is 1. The molecule has 2 aromatic rings. The molecule has 2 fully saturated rings. The zero-order valence-corrected chi connectivity index (χ0v) is 32.6. The highest BCUT2D eigenvalue weighted by Crippen LogP contribution is 2.30. The van der Waals surface area contributed by atoms with Crippen molar-refractivity contribution in [1.29, 1.82) is 0 Å². The average Bonchev–Trinajstić information content (AvgIpc) is 3.71. The van der Waals surface area contributed by atoms with E-state index in [-0.39, 0.29) is 38.5 Å². The highest BCUT2D eigenvalue weighted by atomic mass is 16.5. The van der Waals surface area contributed by atoms with Gasteiger partial charge in [-0.05, 0) is 67.7 Å². The van der Waals surface area contributed by atoms with Crippen molar-refractivity contribution in [3.05, 3.63) is 59.7 Å². The lowest BCUT2D eigenvalue weighted by Crippen LogP contribution is -2.58. The number of carbonyl (C=O) groups excluding carboxylic acids is 6. The largest absolute Gasteiger partial charge is 0.854 e. The standard InChI is InChI=1S/C41H54N5O11/c1-3-12-31(37(50)39(52)42-25-34(49)45-36(41(54)55)28-15-8-5-9-16-28)43-38(51)32-17-10-18-46(32)40(53)35(27-13-6-4-7-14-27)44-33(48)23-26-21-29(56-2)24-30(22-26)57-20-11-19-47/h5,8-9,15-16,21-22,24,27,31-32,35-36H,3-4,6-7,10-14,17-20,23,25H2,1-2H3,(H,42,52)(H,43,51)(H,44,48)(H,45,49)(H,54,55)/q-1/t31?,32-,35?,36-/m0/s1. The molecule has 1 saturated heterocycles. The van der Waals surface area contributed by atoms with Crippen LogP contribution in [0.1, 0.15) is 88.3 Å². The van der Waals surface area contributed by atoms with Crippen LogP contribution in [0, 0.1) is 5.92 Å². The fourth-order valence-electron chi connectivity index (χ4n) is 7.30. The monoisotopic (exact) mass is 792 g/mol. The van der Waals surface area contributed by atoms with Crippen molar-refractivity contribution >= 4 is 41.3 Å². The molecule has 4 atom stereocenters. The number of aliphatic carboxylic acids is 1. The molecule has 2 aliphatic rings. The molecule has 1 aliphatic carbocycles. The quantitative estimate of drug-likeness (QED) is 0.0894. The van der Waals surface area contributed by atoms with Crippen molar-refractivity contribution in [1.82, 2.24) is 26.2 Å². The number of hydrogen-bond donors (Lipinski definition) is 5.